The summed E-state index contributed by atoms with van der Waals surface area (Å²) in [5.41, 5.74) is 0.784. The van der Waals surface area contributed by atoms with Crippen molar-refractivity contribution in [2.45, 2.75) is 19.1 Å². The molecule has 0 saturated carbocycles. The van der Waals surface area contributed by atoms with Gasteiger partial charge < -0.3 is 4.90 Å². The van der Waals surface area contributed by atoms with Crippen LogP contribution in [0.15, 0.2) is 28.7 Å². The molecule has 6 heteroatoms. The zero-order chi connectivity index (χ0) is 13.1. The Balaban J connectivity index is 2.57. The van der Waals surface area contributed by atoms with Crippen LogP contribution >= 0.6 is 15.9 Å². The third kappa shape index (κ3) is 5.21. The summed E-state index contributed by atoms with van der Waals surface area (Å²) in [6, 6.07) is 7.05. The molecule has 0 N–H and O–H groups in total. The van der Waals surface area contributed by atoms with Gasteiger partial charge in [0.25, 0.3) is 0 Å². The minimum absolute atomic E-state index is 0.169. The summed E-state index contributed by atoms with van der Waals surface area (Å²) in [5, 5.41) is 0. The lowest BCUT2D eigenvalue weighted by Gasteiger charge is -2.18. The van der Waals surface area contributed by atoms with Gasteiger partial charge in [0.05, 0.1) is 0 Å². The molecule has 0 spiro atoms. The molecule has 0 aromatic heterocycles. The Labute approximate surface area is 106 Å². The summed E-state index contributed by atoms with van der Waals surface area (Å²) in [6.07, 6.45) is -5.87. The van der Waals surface area contributed by atoms with Crippen LogP contribution in [-0.2, 0) is 11.3 Å². The van der Waals surface area contributed by atoms with Crippen molar-refractivity contribution < 1.29 is 18.0 Å². The number of carbonyl (C=O) groups is 1. The highest BCUT2D eigenvalue weighted by Gasteiger charge is 2.32. The Morgan fingerprint density at radius 2 is 1.82 bits per heavy atom. The van der Waals surface area contributed by atoms with Crippen molar-refractivity contribution in [3.63, 3.8) is 0 Å². The van der Waals surface area contributed by atoms with Gasteiger partial charge in [-0.1, -0.05) is 28.1 Å². The van der Waals surface area contributed by atoms with E-state index < -0.39 is 18.5 Å². The first-order valence-corrected chi connectivity index (χ1v) is 5.62. The second-order valence-electron chi connectivity index (χ2n) is 3.67. The topological polar surface area (TPSA) is 20.3 Å². The molecule has 94 valence electrons. The van der Waals surface area contributed by atoms with Gasteiger partial charge in [-0.3, -0.25) is 4.79 Å². The van der Waals surface area contributed by atoms with Gasteiger partial charge >= 0.3 is 6.18 Å². The third-order valence-corrected chi connectivity index (χ3v) is 2.64. The zero-order valence-electron chi connectivity index (χ0n) is 9.09. The average molecular weight is 310 g/mol. The van der Waals surface area contributed by atoms with E-state index in [1.54, 1.807) is 24.3 Å². The Hall–Kier alpha value is -1.04. The fourth-order valence-electron chi connectivity index (χ4n) is 1.26. The van der Waals surface area contributed by atoms with Crippen LogP contribution < -0.4 is 0 Å². The molecule has 0 bridgehead atoms. The number of nitrogens with zero attached hydrogens (tertiary/aromatic N) is 1. The number of halogens is 4. The van der Waals surface area contributed by atoms with Crippen LogP contribution in [0.3, 0.4) is 0 Å². The Kier molecular flexibility index (Phi) is 4.56. The summed E-state index contributed by atoms with van der Waals surface area (Å²) in [7, 11) is 1.36. The van der Waals surface area contributed by atoms with Crippen molar-refractivity contribution >= 4 is 21.8 Å². The van der Waals surface area contributed by atoms with Crippen LogP contribution in [-0.4, -0.2) is 24.0 Å². The van der Waals surface area contributed by atoms with Gasteiger partial charge in [0.1, 0.15) is 6.42 Å². The zero-order valence-corrected chi connectivity index (χ0v) is 10.7. The number of amides is 1. The molecule has 0 unspecified atom stereocenters. The molecule has 1 amide bonds. The lowest BCUT2D eigenvalue weighted by molar-refractivity contribution is -0.160. The molecule has 0 aliphatic heterocycles. The largest absolute Gasteiger partial charge is 0.397 e. The van der Waals surface area contributed by atoms with Gasteiger partial charge in [0, 0.05) is 18.1 Å². The maximum absolute atomic E-state index is 12.0. The van der Waals surface area contributed by atoms with Gasteiger partial charge in [-0.05, 0) is 17.7 Å². The Morgan fingerprint density at radius 1 is 1.29 bits per heavy atom. The van der Waals surface area contributed by atoms with Crippen LogP contribution in [0.2, 0.25) is 0 Å². The molecule has 1 aromatic carbocycles. The van der Waals surface area contributed by atoms with Crippen molar-refractivity contribution in [1.29, 1.82) is 0 Å². The van der Waals surface area contributed by atoms with Gasteiger partial charge in [0.2, 0.25) is 5.91 Å². The number of alkyl halides is 3. The lowest BCUT2D eigenvalue weighted by atomic mass is 10.2. The second-order valence-corrected chi connectivity index (χ2v) is 4.58. The molecule has 2 nitrogen and oxygen atoms in total. The fourth-order valence-corrected chi connectivity index (χ4v) is 1.52. The minimum Gasteiger partial charge on any atom is -0.341 e. The number of carbonyl (C=O) groups excluding carboxylic acids is 1. The van der Waals surface area contributed by atoms with Crippen molar-refractivity contribution in [2.24, 2.45) is 0 Å². The summed E-state index contributed by atoms with van der Waals surface area (Å²) in [4.78, 5) is 12.3. The fraction of sp³-hybridized carbons (Fsp3) is 0.364. The molecular weight excluding hydrogens is 299 g/mol. The quantitative estimate of drug-likeness (QED) is 0.838. The van der Waals surface area contributed by atoms with Gasteiger partial charge in [0.15, 0.2) is 0 Å². The minimum atomic E-state index is -4.45. The number of benzene rings is 1. The smallest absolute Gasteiger partial charge is 0.341 e. The predicted molar refractivity (Wildman–Crippen MR) is 61.3 cm³/mol. The second kappa shape index (κ2) is 5.53. The van der Waals surface area contributed by atoms with E-state index in [2.05, 4.69) is 15.9 Å². The van der Waals surface area contributed by atoms with Crippen LogP contribution in [0.25, 0.3) is 0 Å². The van der Waals surface area contributed by atoms with E-state index in [1.807, 2.05) is 0 Å². The number of hydrogen-bond donors (Lipinski definition) is 0. The van der Waals surface area contributed by atoms with Crippen LogP contribution in [0, 0.1) is 0 Å². The van der Waals surface area contributed by atoms with Gasteiger partial charge in [-0.2, -0.15) is 13.2 Å². The molecule has 0 atom stereocenters. The summed E-state index contributed by atoms with van der Waals surface area (Å²) in [5.74, 6) is -0.930. The molecule has 0 aliphatic rings. The van der Waals surface area contributed by atoms with Gasteiger partial charge in [-0.15, -0.1) is 0 Å². The van der Waals surface area contributed by atoms with Crippen molar-refractivity contribution in [3.8, 4) is 0 Å². The molecule has 0 radical (unpaired) electrons. The molecule has 0 fully saturated rings. The van der Waals surface area contributed by atoms with Crippen molar-refractivity contribution in [2.75, 3.05) is 7.05 Å². The molecule has 1 rings (SSSR count). The summed E-state index contributed by atoms with van der Waals surface area (Å²) in [6.45, 7) is 0.169. The maximum Gasteiger partial charge on any atom is 0.397 e. The van der Waals surface area contributed by atoms with E-state index in [0.29, 0.717) is 0 Å². The summed E-state index contributed by atoms with van der Waals surface area (Å²) < 4.78 is 36.9. The molecule has 0 saturated heterocycles. The number of hydrogen-bond acceptors (Lipinski definition) is 1. The van der Waals surface area contributed by atoms with Crippen LogP contribution in [0.4, 0.5) is 13.2 Å². The first kappa shape index (κ1) is 14.0. The van der Waals surface area contributed by atoms with E-state index in [1.165, 1.54) is 7.05 Å². The van der Waals surface area contributed by atoms with E-state index in [0.717, 1.165) is 14.9 Å². The molecular formula is C11H11BrF3NO. The van der Waals surface area contributed by atoms with Crippen molar-refractivity contribution in [1.82, 2.24) is 4.90 Å². The van der Waals surface area contributed by atoms with Crippen LogP contribution in [0.5, 0.6) is 0 Å². The van der Waals surface area contributed by atoms with E-state index in [-0.39, 0.29) is 6.54 Å². The SMILES string of the molecule is CN(Cc1ccc(Br)cc1)C(=O)CC(F)(F)F. The number of rotatable bonds is 3. The first-order valence-electron chi connectivity index (χ1n) is 4.83. The standard InChI is InChI=1S/C11H11BrF3NO/c1-16(10(17)6-11(13,14)15)7-8-2-4-9(12)5-3-8/h2-5H,6-7H2,1H3. The first-order chi connectivity index (χ1) is 7.78. The Morgan fingerprint density at radius 3 is 2.29 bits per heavy atom. The van der Waals surface area contributed by atoms with Crippen LogP contribution in [0.1, 0.15) is 12.0 Å². The monoisotopic (exact) mass is 309 g/mol. The van der Waals surface area contributed by atoms with E-state index in [4.69, 9.17) is 0 Å². The molecule has 17 heavy (non-hydrogen) atoms. The molecule has 0 aliphatic carbocycles. The van der Waals surface area contributed by atoms with E-state index in [9.17, 15) is 18.0 Å². The molecule has 1 aromatic rings. The Bertz CT molecular complexity index is 389. The normalized spacial score (nSPS) is 11.4. The average Bonchev–Trinajstić information content (AvgIpc) is 2.19. The van der Waals surface area contributed by atoms with Crippen molar-refractivity contribution in [3.05, 3.63) is 34.3 Å². The predicted octanol–water partition coefficient (Wildman–Crippen LogP) is 3.36. The highest BCUT2D eigenvalue weighted by molar-refractivity contribution is 9.10. The van der Waals surface area contributed by atoms with E-state index >= 15 is 0 Å². The lowest BCUT2D eigenvalue weighted by Crippen LogP contribution is -2.30. The third-order valence-electron chi connectivity index (χ3n) is 2.11. The molecule has 0 heterocycles. The maximum atomic E-state index is 12.0. The van der Waals surface area contributed by atoms with Gasteiger partial charge in [-0.25, -0.2) is 0 Å². The summed E-state index contributed by atoms with van der Waals surface area (Å²) >= 11 is 3.25. The highest BCUT2D eigenvalue weighted by Crippen LogP contribution is 2.21. The highest BCUT2D eigenvalue weighted by atomic mass is 79.9.